The zero-order chi connectivity index (χ0) is 10.1. The molecule has 0 saturated carbocycles. The Hall–Kier alpha value is -1.89. The molecule has 0 saturated heterocycles. The van der Waals surface area contributed by atoms with Gasteiger partial charge in [-0.15, -0.1) is 0 Å². The quantitative estimate of drug-likeness (QED) is 0.686. The standard InChI is InChI=1S/C10H8FN3/c1-7-9(4-5-12)14-6-8(11)2-3-10(14)13-7/h2-3,6H,4H2,1H3. The van der Waals surface area contributed by atoms with Crippen LogP contribution in [0.3, 0.4) is 0 Å². The molecule has 4 heteroatoms. The smallest absolute Gasteiger partial charge is 0.139 e. The minimum atomic E-state index is -0.325. The molecule has 0 aliphatic rings. The molecule has 0 spiro atoms. The summed E-state index contributed by atoms with van der Waals surface area (Å²) in [4.78, 5) is 4.22. The lowest BCUT2D eigenvalue weighted by Gasteiger charge is -1.97. The molecule has 0 radical (unpaired) electrons. The van der Waals surface area contributed by atoms with Crippen LogP contribution in [0.5, 0.6) is 0 Å². The van der Waals surface area contributed by atoms with Crippen molar-refractivity contribution in [3.05, 3.63) is 35.5 Å². The van der Waals surface area contributed by atoms with Gasteiger partial charge in [0.25, 0.3) is 0 Å². The molecule has 2 rings (SSSR count). The van der Waals surface area contributed by atoms with Crippen molar-refractivity contribution in [2.45, 2.75) is 13.3 Å². The van der Waals surface area contributed by atoms with Gasteiger partial charge in [0, 0.05) is 6.20 Å². The molecule has 0 N–H and O–H groups in total. The van der Waals surface area contributed by atoms with E-state index in [1.807, 2.05) is 13.0 Å². The number of halogens is 1. The van der Waals surface area contributed by atoms with Crippen LogP contribution in [0.1, 0.15) is 11.4 Å². The lowest BCUT2D eigenvalue weighted by Crippen LogP contribution is -1.93. The molecule has 0 amide bonds. The molecule has 0 aliphatic carbocycles. The minimum Gasteiger partial charge on any atom is -0.300 e. The molecule has 0 bridgehead atoms. The van der Waals surface area contributed by atoms with E-state index in [9.17, 15) is 4.39 Å². The number of aryl methyl sites for hydroxylation is 1. The molecule has 0 aliphatic heterocycles. The Morgan fingerprint density at radius 1 is 1.57 bits per heavy atom. The number of pyridine rings is 1. The van der Waals surface area contributed by atoms with E-state index in [-0.39, 0.29) is 12.2 Å². The highest BCUT2D eigenvalue weighted by Gasteiger charge is 2.08. The number of nitrogens with zero attached hydrogens (tertiary/aromatic N) is 3. The molecular weight excluding hydrogens is 181 g/mol. The van der Waals surface area contributed by atoms with Gasteiger partial charge < -0.3 is 0 Å². The predicted molar refractivity (Wildman–Crippen MR) is 49.2 cm³/mol. The predicted octanol–water partition coefficient (Wildman–Crippen LogP) is 1.85. The number of fused-ring (bicyclic) bond motifs is 1. The first-order valence-corrected chi connectivity index (χ1v) is 4.22. The van der Waals surface area contributed by atoms with Crippen molar-refractivity contribution in [2.24, 2.45) is 0 Å². The normalized spacial score (nSPS) is 10.4. The highest BCUT2D eigenvalue weighted by Crippen LogP contribution is 2.13. The van der Waals surface area contributed by atoms with Crippen LogP contribution in [-0.4, -0.2) is 9.38 Å². The van der Waals surface area contributed by atoms with Crippen LogP contribution in [0.2, 0.25) is 0 Å². The summed E-state index contributed by atoms with van der Waals surface area (Å²) < 4.78 is 14.6. The van der Waals surface area contributed by atoms with Gasteiger partial charge in [-0.1, -0.05) is 0 Å². The summed E-state index contributed by atoms with van der Waals surface area (Å²) in [6.07, 6.45) is 1.60. The van der Waals surface area contributed by atoms with Crippen LogP contribution in [-0.2, 0) is 6.42 Å². The van der Waals surface area contributed by atoms with Gasteiger partial charge in [-0.3, -0.25) is 4.40 Å². The highest BCUT2D eigenvalue weighted by atomic mass is 19.1. The van der Waals surface area contributed by atoms with E-state index in [0.717, 1.165) is 11.4 Å². The van der Waals surface area contributed by atoms with Gasteiger partial charge in [-0.25, -0.2) is 9.37 Å². The third-order valence-corrected chi connectivity index (χ3v) is 2.13. The Balaban J connectivity index is 2.74. The fourth-order valence-electron chi connectivity index (χ4n) is 1.47. The van der Waals surface area contributed by atoms with Gasteiger partial charge in [0.15, 0.2) is 0 Å². The van der Waals surface area contributed by atoms with Crippen LogP contribution in [0.4, 0.5) is 4.39 Å². The number of rotatable bonds is 1. The largest absolute Gasteiger partial charge is 0.300 e. The van der Waals surface area contributed by atoms with Crippen molar-refractivity contribution in [2.75, 3.05) is 0 Å². The van der Waals surface area contributed by atoms with Crippen molar-refractivity contribution >= 4 is 5.65 Å². The summed E-state index contributed by atoms with van der Waals surface area (Å²) in [5.41, 5.74) is 2.20. The number of hydrogen-bond acceptors (Lipinski definition) is 2. The molecule has 2 aromatic rings. The van der Waals surface area contributed by atoms with Crippen LogP contribution in [0, 0.1) is 24.1 Å². The molecule has 0 aromatic carbocycles. The van der Waals surface area contributed by atoms with E-state index in [1.54, 1.807) is 10.5 Å². The van der Waals surface area contributed by atoms with Gasteiger partial charge in [-0.05, 0) is 19.1 Å². The van der Waals surface area contributed by atoms with E-state index in [2.05, 4.69) is 4.98 Å². The van der Waals surface area contributed by atoms with Gasteiger partial charge in [-0.2, -0.15) is 5.26 Å². The summed E-state index contributed by atoms with van der Waals surface area (Å²) in [5.74, 6) is -0.325. The number of hydrogen-bond donors (Lipinski definition) is 0. The van der Waals surface area contributed by atoms with Gasteiger partial charge in [0.1, 0.15) is 11.5 Å². The molecule has 70 valence electrons. The average molecular weight is 189 g/mol. The molecule has 0 atom stereocenters. The van der Waals surface area contributed by atoms with E-state index in [4.69, 9.17) is 5.26 Å². The highest BCUT2D eigenvalue weighted by molar-refractivity contribution is 5.43. The van der Waals surface area contributed by atoms with Gasteiger partial charge in [0.05, 0.1) is 23.9 Å². The summed E-state index contributed by atoms with van der Waals surface area (Å²) in [6.45, 7) is 1.82. The van der Waals surface area contributed by atoms with E-state index < -0.39 is 0 Å². The Morgan fingerprint density at radius 3 is 3.07 bits per heavy atom. The first-order chi connectivity index (χ1) is 6.72. The minimum absolute atomic E-state index is 0.246. The second kappa shape index (κ2) is 3.11. The van der Waals surface area contributed by atoms with E-state index in [0.29, 0.717) is 5.65 Å². The summed E-state index contributed by atoms with van der Waals surface area (Å²) in [5, 5.41) is 8.61. The van der Waals surface area contributed by atoms with Crippen molar-refractivity contribution in [1.82, 2.24) is 9.38 Å². The summed E-state index contributed by atoms with van der Waals surface area (Å²) in [7, 11) is 0. The molecule has 2 heterocycles. The number of aromatic nitrogens is 2. The Kier molecular flexibility index (Phi) is 1.93. The molecule has 0 unspecified atom stereocenters. The van der Waals surface area contributed by atoms with Crippen LogP contribution in [0.15, 0.2) is 18.3 Å². The second-order valence-corrected chi connectivity index (χ2v) is 3.05. The van der Waals surface area contributed by atoms with Crippen molar-refractivity contribution in [1.29, 1.82) is 5.26 Å². The van der Waals surface area contributed by atoms with Crippen molar-refractivity contribution in [3.8, 4) is 6.07 Å². The third kappa shape index (κ3) is 1.23. The molecule has 3 nitrogen and oxygen atoms in total. The van der Waals surface area contributed by atoms with Crippen LogP contribution < -0.4 is 0 Å². The maximum absolute atomic E-state index is 12.9. The Bertz CT molecular complexity index is 522. The summed E-state index contributed by atoms with van der Waals surface area (Å²) >= 11 is 0. The zero-order valence-corrected chi connectivity index (χ0v) is 7.66. The molecular formula is C10H8FN3. The van der Waals surface area contributed by atoms with Crippen molar-refractivity contribution < 1.29 is 4.39 Å². The maximum atomic E-state index is 12.9. The fourth-order valence-corrected chi connectivity index (χ4v) is 1.47. The maximum Gasteiger partial charge on any atom is 0.139 e. The fraction of sp³-hybridized carbons (Fsp3) is 0.200. The van der Waals surface area contributed by atoms with Crippen LogP contribution in [0.25, 0.3) is 5.65 Å². The van der Waals surface area contributed by atoms with Gasteiger partial charge in [0.2, 0.25) is 0 Å². The van der Waals surface area contributed by atoms with Gasteiger partial charge >= 0.3 is 0 Å². The summed E-state index contributed by atoms with van der Waals surface area (Å²) in [6, 6.07) is 5.00. The lowest BCUT2D eigenvalue weighted by molar-refractivity contribution is 0.618. The first-order valence-electron chi connectivity index (χ1n) is 4.22. The first kappa shape index (κ1) is 8.70. The number of nitriles is 1. The Morgan fingerprint density at radius 2 is 2.36 bits per heavy atom. The van der Waals surface area contributed by atoms with Crippen LogP contribution >= 0.6 is 0 Å². The second-order valence-electron chi connectivity index (χ2n) is 3.05. The SMILES string of the molecule is Cc1nc2ccc(F)cn2c1CC#N. The van der Waals surface area contributed by atoms with E-state index in [1.165, 1.54) is 12.3 Å². The molecule has 2 aromatic heterocycles. The Labute approximate surface area is 80.4 Å². The zero-order valence-electron chi connectivity index (χ0n) is 7.66. The molecule has 14 heavy (non-hydrogen) atoms. The molecule has 0 fully saturated rings. The third-order valence-electron chi connectivity index (χ3n) is 2.13. The lowest BCUT2D eigenvalue weighted by atomic mass is 10.3. The topological polar surface area (TPSA) is 41.1 Å². The van der Waals surface area contributed by atoms with E-state index >= 15 is 0 Å². The monoisotopic (exact) mass is 189 g/mol. The van der Waals surface area contributed by atoms with Crippen molar-refractivity contribution in [3.63, 3.8) is 0 Å². The number of imidazole rings is 1. The average Bonchev–Trinajstić information content (AvgIpc) is 2.45.